The molecule has 2 aromatic rings. The highest BCUT2D eigenvalue weighted by molar-refractivity contribution is 14.1. The third-order valence-electron chi connectivity index (χ3n) is 2.97. The molecule has 122 valence electrons. The van der Waals surface area contributed by atoms with Gasteiger partial charge in [-0.2, -0.15) is 5.10 Å². The fourth-order valence-electron chi connectivity index (χ4n) is 1.88. The van der Waals surface area contributed by atoms with Crippen molar-refractivity contribution in [3.8, 4) is 11.5 Å². The van der Waals surface area contributed by atoms with Gasteiger partial charge < -0.3 is 15.3 Å². The molecule has 0 aliphatic carbocycles. The zero-order valence-electron chi connectivity index (χ0n) is 12.3. The van der Waals surface area contributed by atoms with Crippen LogP contribution >= 0.6 is 45.8 Å². The summed E-state index contributed by atoms with van der Waals surface area (Å²) < 4.78 is 6.09. The van der Waals surface area contributed by atoms with Gasteiger partial charge in [0.05, 0.1) is 22.9 Å². The van der Waals surface area contributed by atoms with Crippen LogP contribution in [0, 0.1) is 3.57 Å². The lowest BCUT2D eigenvalue weighted by Gasteiger charge is -2.09. The molecule has 0 aliphatic rings. The first kappa shape index (κ1) is 18.2. The van der Waals surface area contributed by atoms with Crippen LogP contribution in [-0.2, 0) is 6.54 Å². The molecule has 0 radical (unpaired) electrons. The molecular formula is C16H15Cl2IN2O2. The van der Waals surface area contributed by atoms with Gasteiger partial charge in [0.15, 0.2) is 11.5 Å². The van der Waals surface area contributed by atoms with Gasteiger partial charge in [0.25, 0.3) is 0 Å². The molecular weight excluding hydrogens is 450 g/mol. The number of aromatic hydroxyl groups is 1. The average molecular weight is 465 g/mol. The van der Waals surface area contributed by atoms with E-state index in [-0.39, 0.29) is 5.75 Å². The number of phenols is 1. The van der Waals surface area contributed by atoms with Crippen LogP contribution in [-0.4, -0.2) is 17.9 Å². The van der Waals surface area contributed by atoms with Crippen molar-refractivity contribution in [1.29, 1.82) is 0 Å². The van der Waals surface area contributed by atoms with Crippen molar-refractivity contribution in [1.82, 2.24) is 5.43 Å². The van der Waals surface area contributed by atoms with Crippen molar-refractivity contribution in [3.05, 3.63) is 55.1 Å². The summed E-state index contributed by atoms with van der Waals surface area (Å²) in [5.74, 6) is 0.579. The lowest BCUT2D eigenvalue weighted by molar-refractivity contribution is 0.317. The number of phenolic OH excluding ortho intramolecular Hbond substituents is 1. The van der Waals surface area contributed by atoms with Gasteiger partial charge in [-0.05, 0) is 59.3 Å². The Morgan fingerprint density at radius 3 is 2.65 bits per heavy atom. The predicted molar refractivity (Wildman–Crippen MR) is 103 cm³/mol. The lowest BCUT2D eigenvalue weighted by Crippen LogP contribution is -2.06. The highest BCUT2D eigenvalue weighted by Gasteiger charge is 2.08. The van der Waals surface area contributed by atoms with E-state index >= 15 is 0 Å². The van der Waals surface area contributed by atoms with Crippen LogP contribution in [0.5, 0.6) is 11.5 Å². The molecule has 0 saturated heterocycles. The van der Waals surface area contributed by atoms with Gasteiger partial charge in [-0.3, -0.25) is 0 Å². The van der Waals surface area contributed by atoms with Crippen molar-refractivity contribution in [3.63, 3.8) is 0 Å². The van der Waals surface area contributed by atoms with Crippen molar-refractivity contribution in [2.24, 2.45) is 5.10 Å². The molecule has 2 N–H and O–H groups in total. The first-order valence-corrected chi connectivity index (χ1v) is 8.70. The van der Waals surface area contributed by atoms with Gasteiger partial charge in [0.1, 0.15) is 0 Å². The Bertz CT molecular complexity index is 703. The van der Waals surface area contributed by atoms with Gasteiger partial charge in [0.2, 0.25) is 0 Å². The molecule has 0 unspecified atom stereocenters. The third-order valence-corrected chi connectivity index (χ3v) is 4.50. The summed E-state index contributed by atoms with van der Waals surface area (Å²) >= 11 is 14.2. The molecule has 0 bridgehead atoms. The smallest absolute Gasteiger partial charge is 0.171 e. The van der Waals surface area contributed by atoms with Crippen LogP contribution in [0.15, 0.2) is 35.4 Å². The number of halogens is 3. The van der Waals surface area contributed by atoms with Crippen LogP contribution in [0.2, 0.25) is 10.0 Å². The second kappa shape index (κ2) is 8.61. The highest BCUT2D eigenvalue weighted by Crippen LogP contribution is 2.32. The standard InChI is InChI=1S/C16H15Cl2IN2O2/c1-2-23-15-7-10(6-14(19)16(15)22)8-20-21-9-11-12(17)4-3-5-13(11)18/h3-8,21-22H,2,9H2,1H3/b20-8-. The number of hydrazone groups is 1. The average Bonchev–Trinajstić information content (AvgIpc) is 2.51. The van der Waals surface area contributed by atoms with E-state index in [1.807, 2.05) is 35.6 Å². The largest absolute Gasteiger partial charge is 0.504 e. The van der Waals surface area contributed by atoms with E-state index in [0.717, 1.165) is 11.1 Å². The highest BCUT2D eigenvalue weighted by atomic mass is 127. The van der Waals surface area contributed by atoms with Crippen molar-refractivity contribution in [2.75, 3.05) is 6.61 Å². The van der Waals surface area contributed by atoms with Crippen molar-refractivity contribution >= 4 is 52.0 Å². The third kappa shape index (κ3) is 4.89. The van der Waals surface area contributed by atoms with E-state index in [4.69, 9.17) is 27.9 Å². The van der Waals surface area contributed by atoms with Gasteiger partial charge in [-0.15, -0.1) is 0 Å². The molecule has 23 heavy (non-hydrogen) atoms. The maximum atomic E-state index is 9.91. The Balaban J connectivity index is 2.06. The van der Waals surface area contributed by atoms with Crippen LogP contribution < -0.4 is 10.2 Å². The molecule has 0 fully saturated rings. The van der Waals surface area contributed by atoms with Gasteiger partial charge in [-0.1, -0.05) is 29.3 Å². The van der Waals surface area contributed by atoms with E-state index in [2.05, 4.69) is 10.5 Å². The SMILES string of the molecule is CCOc1cc(/C=N\NCc2c(Cl)cccc2Cl)cc(I)c1O. The minimum absolute atomic E-state index is 0.139. The maximum absolute atomic E-state index is 9.91. The summed E-state index contributed by atoms with van der Waals surface area (Å²) in [6.07, 6.45) is 1.65. The second-order valence-electron chi connectivity index (χ2n) is 4.58. The molecule has 7 heteroatoms. The van der Waals surface area contributed by atoms with E-state index in [9.17, 15) is 5.11 Å². The number of hydrogen-bond acceptors (Lipinski definition) is 4. The summed E-state index contributed by atoms with van der Waals surface area (Å²) in [7, 11) is 0. The molecule has 0 aromatic heterocycles. The Hall–Kier alpha value is -1.18. The minimum Gasteiger partial charge on any atom is -0.504 e. The first-order chi connectivity index (χ1) is 11.0. The molecule has 0 aliphatic heterocycles. The number of nitrogens with zero attached hydrogens (tertiary/aromatic N) is 1. The molecule has 0 amide bonds. The number of ether oxygens (including phenoxy) is 1. The molecule has 4 nitrogen and oxygen atoms in total. The van der Waals surface area contributed by atoms with Crippen molar-refractivity contribution in [2.45, 2.75) is 13.5 Å². The molecule has 0 atom stereocenters. The monoisotopic (exact) mass is 464 g/mol. The normalized spacial score (nSPS) is 11.0. The van der Waals surface area contributed by atoms with E-state index in [1.54, 1.807) is 30.5 Å². The number of rotatable bonds is 6. The summed E-state index contributed by atoms with van der Waals surface area (Å²) in [5, 5.41) is 15.3. The maximum Gasteiger partial charge on any atom is 0.171 e. The summed E-state index contributed by atoms with van der Waals surface area (Å²) in [4.78, 5) is 0. The second-order valence-corrected chi connectivity index (χ2v) is 6.55. The number of hydrogen-bond donors (Lipinski definition) is 2. The first-order valence-electron chi connectivity index (χ1n) is 6.87. The minimum atomic E-state index is 0.139. The van der Waals surface area contributed by atoms with Gasteiger partial charge >= 0.3 is 0 Å². The van der Waals surface area contributed by atoms with Crippen LogP contribution in [0.3, 0.4) is 0 Å². The Labute approximate surface area is 158 Å². The molecule has 0 saturated carbocycles. The van der Waals surface area contributed by atoms with Crippen LogP contribution in [0.4, 0.5) is 0 Å². The number of nitrogens with one attached hydrogen (secondary N) is 1. The molecule has 0 spiro atoms. The number of benzene rings is 2. The van der Waals surface area contributed by atoms with Gasteiger partial charge in [0, 0.05) is 15.6 Å². The van der Waals surface area contributed by atoms with E-state index in [0.29, 0.717) is 32.5 Å². The Morgan fingerprint density at radius 1 is 1.30 bits per heavy atom. The van der Waals surface area contributed by atoms with Crippen molar-refractivity contribution < 1.29 is 9.84 Å². The van der Waals surface area contributed by atoms with Gasteiger partial charge in [-0.25, -0.2) is 0 Å². The quantitative estimate of drug-likeness (QED) is 0.366. The fraction of sp³-hybridized carbons (Fsp3) is 0.188. The molecule has 2 rings (SSSR count). The summed E-state index contributed by atoms with van der Waals surface area (Å²) in [6, 6.07) is 8.90. The van der Waals surface area contributed by atoms with Crippen LogP contribution in [0.1, 0.15) is 18.1 Å². The summed E-state index contributed by atoms with van der Waals surface area (Å²) in [5.41, 5.74) is 4.52. The topological polar surface area (TPSA) is 53.8 Å². The Morgan fingerprint density at radius 2 is 2.00 bits per heavy atom. The van der Waals surface area contributed by atoms with Crippen LogP contribution in [0.25, 0.3) is 0 Å². The van der Waals surface area contributed by atoms with E-state index < -0.39 is 0 Å². The predicted octanol–water partition coefficient (Wildman–Crippen LogP) is 4.83. The van der Waals surface area contributed by atoms with E-state index in [1.165, 1.54) is 0 Å². The molecule has 0 heterocycles. The Kier molecular flexibility index (Phi) is 6.80. The zero-order valence-corrected chi connectivity index (χ0v) is 16.0. The lowest BCUT2D eigenvalue weighted by atomic mass is 10.2. The fourth-order valence-corrected chi connectivity index (χ4v) is 3.04. The summed E-state index contributed by atoms with van der Waals surface area (Å²) in [6.45, 7) is 2.76. The molecule has 2 aromatic carbocycles. The zero-order chi connectivity index (χ0) is 16.8.